The van der Waals surface area contributed by atoms with E-state index in [4.69, 9.17) is 0 Å². The van der Waals surface area contributed by atoms with Crippen molar-refractivity contribution in [1.82, 2.24) is 0 Å². The Labute approximate surface area is 55.8 Å². The van der Waals surface area contributed by atoms with Crippen LogP contribution in [0.3, 0.4) is 0 Å². The largest absolute Gasteiger partial charge is 0.303 e. The first kappa shape index (κ1) is 6.53. The van der Waals surface area contributed by atoms with Gasteiger partial charge in [0.15, 0.2) is 0 Å². The van der Waals surface area contributed by atoms with Gasteiger partial charge >= 0.3 is 0 Å². The molecule has 0 bridgehead atoms. The molecule has 50 valence electrons. The van der Waals surface area contributed by atoms with E-state index < -0.39 is 0 Å². The van der Waals surface area contributed by atoms with Crippen LogP contribution in [0.25, 0.3) is 0 Å². The molecule has 0 spiro atoms. The van der Waals surface area contributed by atoms with E-state index in [1.807, 2.05) is 0 Å². The molecule has 1 aliphatic carbocycles. The molecule has 0 fully saturated rings. The molecule has 1 aliphatic rings. The Morgan fingerprint density at radius 1 is 1.67 bits per heavy atom. The molecule has 0 unspecified atom stereocenters. The fourth-order valence-corrected chi connectivity index (χ4v) is 1.20. The maximum Gasteiger partial charge on any atom is 0.123 e. The zero-order valence-electron chi connectivity index (χ0n) is 5.71. The van der Waals surface area contributed by atoms with Crippen molar-refractivity contribution < 1.29 is 4.79 Å². The quantitative estimate of drug-likeness (QED) is 0.384. The topological polar surface area (TPSA) is 17.1 Å². The van der Waals surface area contributed by atoms with Crippen LogP contribution < -0.4 is 0 Å². The second kappa shape index (κ2) is 2.81. The van der Waals surface area contributed by atoms with Crippen LogP contribution >= 0.6 is 0 Å². The molecule has 0 N–H and O–H groups in total. The van der Waals surface area contributed by atoms with Crippen LogP contribution in [0.15, 0.2) is 12.2 Å². The molecule has 0 radical (unpaired) electrons. The van der Waals surface area contributed by atoms with Crippen molar-refractivity contribution in [1.29, 1.82) is 0 Å². The highest BCUT2D eigenvalue weighted by Crippen LogP contribution is 2.21. The van der Waals surface area contributed by atoms with Gasteiger partial charge in [-0.15, -0.1) is 0 Å². The number of hydrogen-bond acceptors (Lipinski definition) is 1. The van der Waals surface area contributed by atoms with Gasteiger partial charge < -0.3 is 4.79 Å². The molecule has 1 heteroatoms. The highest BCUT2D eigenvalue weighted by molar-refractivity contribution is 5.54. The summed E-state index contributed by atoms with van der Waals surface area (Å²) in [5.41, 5.74) is 0. The third-order valence-corrected chi connectivity index (χ3v) is 1.96. The number of allylic oxidation sites excluding steroid dienone is 2. The highest BCUT2D eigenvalue weighted by Gasteiger charge is 2.15. The van der Waals surface area contributed by atoms with Crippen LogP contribution in [-0.4, -0.2) is 6.29 Å². The molecule has 0 aliphatic heterocycles. The van der Waals surface area contributed by atoms with Gasteiger partial charge in [0.05, 0.1) is 0 Å². The molecule has 0 heterocycles. The maximum absolute atomic E-state index is 10.3. The molecule has 1 rings (SSSR count). The van der Waals surface area contributed by atoms with E-state index in [1.54, 1.807) is 0 Å². The van der Waals surface area contributed by atoms with E-state index in [2.05, 4.69) is 19.1 Å². The number of aldehydes is 1. The van der Waals surface area contributed by atoms with Crippen molar-refractivity contribution in [2.45, 2.75) is 19.8 Å². The van der Waals surface area contributed by atoms with Crippen molar-refractivity contribution in [3.63, 3.8) is 0 Å². The molecule has 0 aromatic carbocycles. The van der Waals surface area contributed by atoms with Crippen LogP contribution in [0.5, 0.6) is 0 Å². The minimum Gasteiger partial charge on any atom is -0.303 e. The van der Waals surface area contributed by atoms with Gasteiger partial charge in [-0.2, -0.15) is 0 Å². The monoisotopic (exact) mass is 124 g/mol. The van der Waals surface area contributed by atoms with Gasteiger partial charge in [-0.3, -0.25) is 0 Å². The van der Waals surface area contributed by atoms with Crippen molar-refractivity contribution in [3.05, 3.63) is 12.2 Å². The minimum absolute atomic E-state index is 0.287. The van der Waals surface area contributed by atoms with E-state index in [-0.39, 0.29) is 5.92 Å². The van der Waals surface area contributed by atoms with Crippen molar-refractivity contribution >= 4 is 6.29 Å². The van der Waals surface area contributed by atoms with E-state index in [1.165, 1.54) is 0 Å². The van der Waals surface area contributed by atoms with Crippen molar-refractivity contribution in [2.24, 2.45) is 11.8 Å². The second-order valence-electron chi connectivity index (χ2n) is 2.66. The molecule has 0 aromatic rings. The van der Waals surface area contributed by atoms with E-state index in [0.717, 1.165) is 19.1 Å². The Morgan fingerprint density at radius 2 is 2.44 bits per heavy atom. The van der Waals surface area contributed by atoms with Crippen molar-refractivity contribution in [2.75, 3.05) is 0 Å². The van der Waals surface area contributed by atoms with E-state index in [0.29, 0.717) is 5.92 Å². The lowest BCUT2D eigenvalue weighted by molar-refractivity contribution is -0.112. The summed E-state index contributed by atoms with van der Waals surface area (Å²) in [7, 11) is 0. The Morgan fingerprint density at radius 3 is 2.89 bits per heavy atom. The smallest absolute Gasteiger partial charge is 0.123 e. The Bertz CT molecular complexity index is 127. The molecule has 0 aromatic heterocycles. The molecule has 0 amide bonds. The highest BCUT2D eigenvalue weighted by atomic mass is 16.1. The Hall–Kier alpha value is -0.590. The van der Waals surface area contributed by atoms with Crippen LogP contribution in [-0.2, 0) is 4.79 Å². The molecule has 0 saturated carbocycles. The molecule has 0 saturated heterocycles. The first-order valence-electron chi connectivity index (χ1n) is 3.46. The van der Waals surface area contributed by atoms with Gasteiger partial charge in [-0.05, 0) is 18.8 Å². The summed E-state index contributed by atoms with van der Waals surface area (Å²) in [6, 6.07) is 0. The molecular formula is C8H12O. The SMILES string of the molecule is C[C@H]1C=CCC[C@@H]1C=O. The van der Waals surface area contributed by atoms with Crippen LogP contribution in [0.1, 0.15) is 19.8 Å². The number of rotatable bonds is 1. The van der Waals surface area contributed by atoms with Gasteiger partial charge in [-0.25, -0.2) is 0 Å². The summed E-state index contributed by atoms with van der Waals surface area (Å²) >= 11 is 0. The van der Waals surface area contributed by atoms with Crippen LogP contribution in [0.4, 0.5) is 0 Å². The fraction of sp³-hybridized carbons (Fsp3) is 0.625. The van der Waals surface area contributed by atoms with Gasteiger partial charge in [-0.1, -0.05) is 19.1 Å². The first-order chi connectivity index (χ1) is 4.34. The molecule has 9 heavy (non-hydrogen) atoms. The molecule has 2 atom stereocenters. The van der Waals surface area contributed by atoms with Gasteiger partial charge in [0.1, 0.15) is 6.29 Å². The van der Waals surface area contributed by atoms with Gasteiger partial charge in [0.25, 0.3) is 0 Å². The molecular weight excluding hydrogens is 112 g/mol. The van der Waals surface area contributed by atoms with Gasteiger partial charge in [0, 0.05) is 5.92 Å². The Balaban J connectivity index is 2.54. The number of carbonyl (C=O) groups excluding carboxylic acids is 1. The predicted molar refractivity (Wildman–Crippen MR) is 37.1 cm³/mol. The summed E-state index contributed by atoms with van der Waals surface area (Å²) < 4.78 is 0. The maximum atomic E-state index is 10.3. The first-order valence-corrected chi connectivity index (χ1v) is 3.46. The fourth-order valence-electron chi connectivity index (χ4n) is 1.20. The van der Waals surface area contributed by atoms with Gasteiger partial charge in [0.2, 0.25) is 0 Å². The van der Waals surface area contributed by atoms with Crippen LogP contribution in [0, 0.1) is 11.8 Å². The summed E-state index contributed by atoms with van der Waals surface area (Å²) in [4.78, 5) is 10.3. The lowest BCUT2D eigenvalue weighted by atomic mass is 9.87. The normalized spacial score (nSPS) is 34.3. The average Bonchev–Trinajstić information content (AvgIpc) is 1.89. The summed E-state index contributed by atoms with van der Waals surface area (Å²) in [6.07, 6.45) is 7.48. The zero-order chi connectivity index (χ0) is 6.69. The minimum atomic E-state index is 0.287. The van der Waals surface area contributed by atoms with E-state index >= 15 is 0 Å². The number of carbonyl (C=O) groups is 1. The lowest BCUT2D eigenvalue weighted by Gasteiger charge is -2.17. The molecule has 1 nitrogen and oxygen atoms in total. The predicted octanol–water partition coefficient (Wildman–Crippen LogP) is 1.79. The summed E-state index contributed by atoms with van der Waals surface area (Å²) in [6.45, 7) is 2.09. The third-order valence-electron chi connectivity index (χ3n) is 1.96. The number of hydrogen-bond donors (Lipinski definition) is 0. The summed E-state index contributed by atoms with van der Waals surface area (Å²) in [5.74, 6) is 0.756. The van der Waals surface area contributed by atoms with E-state index in [9.17, 15) is 4.79 Å². The summed E-state index contributed by atoms with van der Waals surface area (Å²) in [5, 5.41) is 0. The Kier molecular flexibility index (Phi) is 2.04. The lowest BCUT2D eigenvalue weighted by Crippen LogP contribution is -2.13. The van der Waals surface area contributed by atoms with Crippen molar-refractivity contribution in [3.8, 4) is 0 Å². The average molecular weight is 124 g/mol. The third kappa shape index (κ3) is 1.41. The second-order valence-corrected chi connectivity index (χ2v) is 2.66. The standard InChI is InChI=1S/C8H12O/c1-7-4-2-3-5-8(7)6-9/h2,4,6-8H,3,5H2,1H3/t7-,8+/m0/s1. The zero-order valence-corrected chi connectivity index (χ0v) is 5.71. The van der Waals surface area contributed by atoms with Crippen LogP contribution in [0.2, 0.25) is 0 Å².